The first kappa shape index (κ1) is 13.4. The fourth-order valence-electron chi connectivity index (χ4n) is 1.55. The maximum absolute atomic E-state index is 5.36. The van der Waals surface area contributed by atoms with Gasteiger partial charge in [0.1, 0.15) is 13.2 Å². The molecule has 0 amide bonds. The Kier molecular flexibility index (Phi) is 6.95. The van der Waals surface area contributed by atoms with Gasteiger partial charge in [0.2, 0.25) is 0 Å². The molecule has 4 heteroatoms. The molecule has 80 valence electrons. The van der Waals surface area contributed by atoms with Crippen molar-refractivity contribution in [3.05, 3.63) is 0 Å². The van der Waals surface area contributed by atoms with Gasteiger partial charge >= 0.3 is 0 Å². The molecule has 0 spiro atoms. The second-order valence-electron chi connectivity index (χ2n) is 3.80. The Morgan fingerprint density at radius 3 is 2.69 bits per heavy atom. The van der Waals surface area contributed by atoms with E-state index in [1.807, 2.05) is 0 Å². The van der Waals surface area contributed by atoms with E-state index in [-0.39, 0.29) is 17.0 Å². The van der Waals surface area contributed by atoms with Gasteiger partial charge in [0.25, 0.3) is 0 Å². The normalized spacial score (nSPS) is 27.2. The van der Waals surface area contributed by atoms with E-state index in [0.717, 1.165) is 24.4 Å². The summed E-state index contributed by atoms with van der Waals surface area (Å²) in [6, 6.07) is 0. The zero-order valence-electron chi connectivity index (χ0n) is 8.59. The van der Waals surface area contributed by atoms with Crippen LogP contribution in [-0.2, 0) is 9.47 Å². The van der Waals surface area contributed by atoms with Crippen LogP contribution >= 0.6 is 0 Å². The summed E-state index contributed by atoms with van der Waals surface area (Å²) in [6.07, 6.45) is 2.41. The van der Waals surface area contributed by atoms with Crippen molar-refractivity contribution in [2.75, 3.05) is 47.2 Å². The van der Waals surface area contributed by atoms with Gasteiger partial charge < -0.3 is 30.9 Å². The first-order valence-corrected chi connectivity index (χ1v) is 4.67. The third-order valence-corrected chi connectivity index (χ3v) is 2.47. The summed E-state index contributed by atoms with van der Waals surface area (Å²) in [5.74, 6) is 0. The summed E-state index contributed by atoms with van der Waals surface area (Å²) in [4.78, 5) is 0. The molecule has 0 radical (unpaired) electrons. The second kappa shape index (κ2) is 6.76. The molecule has 3 nitrogen and oxygen atoms in total. The largest absolute Gasteiger partial charge is 1.00 e. The van der Waals surface area contributed by atoms with Gasteiger partial charge in [0, 0.05) is 13.7 Å². The SMILES string of the molecule is COCCCC[N+]1(C)CCOC1.[Br-]. The van der Waals surface area contributed by atoms with Gasteiger partial charge in [-0.3, -0.25) is 0 Å². The van der Waals surface area contributed by atoms with Crippen molar-refractivity contribution in [3.8, 4) is 0 Å². The summed E-state index contributed by atoms with van der Waals surface area (Å²) in [5, 5.41) is 0. The highest BCUT2D eigenvalue weighted by atomic mass is 79.9. The van der Waals surface area contributed by atoms with Crippen molar-refractivity contribution in [1.29, 1.82) is 0 Å². The number of rotatable bonds is 5. The summed E-state index contributed by atoms with van der Waals surface area (Å²) in [7, 11) is 4.02. The van der Waals surface area contributed by atoms with Crippen molar-refractivity contribution in [1.82, 2.24) is 0 Å². The summed E-state index contributed by atoms with van der Waals surface area (Å²) in [5.41, 5.74) is 0. The van der Waals surface area contributed by atoms with Crippen molar-refractivity contribution < 1.29 is 30.9 Å². The molecule has 13 heavy (non-hydrogen) atoms. The standard InChI is InChI=1S/C9H20NO2.BrH/c1-10(6-8-12-9-10)5-3-4-7-11-2;/h3-9H2,1-2H3;1H/q+1;/p-1. The minimum Gasteiger partial charge on any atom is -1.00 e. The molecule has 0 aromatic carbocycles. The Morgan fingerprint density at radius 2 is 2.15 bits per heavy atom. The van der Waals surface area contributed by atoms with Crippen LogP contribution in [0.2, 0.25) is 0 Å². The molecule has 0 bridgehead atoms. The fourth-order valence-corrected chi connectivity index (χ4v) is 1.55. The number of hydrogen-bond acceptors (Lipinski definition) is 2. The van der Waals surface area contributed by atoms with E-state index in [2.05, 4.69) is 7.05 Å². The van der Waals surface area contributed by atoms with Crippen molar-refractivity contribution in [3.63, 3.8) is 0 Å². The number of quaternary nitrogens is 1. The summed E-state index contributed by atoms with van der Waals surface area (Å²) >= 11 is 0. The number of hydrogen-bond donors (Lipinski definition) is 0. The zero-order chi connectivity index (χ0) is 8.86. The highest BCUT2D eigenvalue weighted by Gasteiger charge is 2.26. The van der Waals surface area contributed by atoms with Crippen LogP contribution in [0.15, 0.2) is 0 Å². The molecule has 0 aromatic heterocycles. The molecular weight excluding hydrogens is 234 g/mol. The minimum absolute atomic E-state index is 0. The minimum atomic E-state index is 0. The van der Waals surface area contributed by atoms with Crippen molar-refractivity contribution in [2.45, 2.75) is 12.8 Å². The van der Waals surface area contributed by atoms with Crippen LogP contribution in [0.3, 0.4) is 0 Å². The number of halogens is 1. The van der Waals surface area contributed by atoms with E-state index in [0.29, 0.717) is 0 Å². The van der Waals surface area contributed by atoms with Gasteiger partial charge in [-0.2, -0.15) is 0 Å². The fraction of sp³-hybridized carbons (Fsp3) is 1.00. The van der Waals surface area contributed by atoms with Crippen LogP contribution in [0.5, 0.6) is 0 Å². The van der Waals surface area contributed by atoms with Crippen molar-refractivity contribution in [2.24, 2.45) is 0 Å². The third kappa shape index (κ3) is 4.96. The lowest BCUT2D eigenvalue weighted by Crippen LogP contribution is -3.00. The molecule has 1 aliphatic heterocycles. The molecule has 0 aliphatic carbocycles. The summed E-state index contributed by atoms with van der Waals surface area (Å²) < 4.78 is 11.4. The van der Waals surface area contributed by atoms with Crippen LogP contribution in [0.4, 0.5) is 0 Å². The van der Waals surface area contributed by atoms with Crippen LogP contribution in [0.25, 0.3) is 0 Å². The molecule has 1 unspecified atom stereocenters. The lowest BCUT2D eigenvalue weighted by atomic mass is 10.3. The first-order valence-electron chi connectivity index (χ1n) is 4.67. The van der Waals surface area contributed by atoms with E-state index >= 15 is 0 Å². The van der Waals surface area contributed by atoms with Gasteiger partial charge in [0.05, 0.1) is 13.6 Å². The van der Waals surface area contributed by atoms with Crippen LogP contribution in [-0.4, -0.2) is 51.7 Å². The number of unbranched alkanes of at least 4 members (excludes halogenated alkanes) is 1. The molecule has 0 N–H and O–H groups in total. The average Bonchev–Trinajstić information content (AvgIpc) is 2.47. The lowest BCUT2D eigenvalue weighted by Gasteiger charge is -2.26. The Hall–Kier alpha value is 0.360. The molecule has 1 saturated heterocycles. The zero-order valence-corrected chi connectivity index (χ0v) is 10.2. The monoisotopic (exact) mass is 253 g/mol. The molecule has 1 heterocycles. The van der Waals surface area contributed by atoms with Crippen molar-refractivity contribution >= 4 is 0 Å². The molecule has 0 aromatic rings. The molecule has 1 aliphatic rings. The van der Waals surface area contributed by atoms with E-state index in [1.165, 1.54) is 25.9 Å². The summed E-state index contributed by atoms with van der Waals surface area (Å²) in [6.45, 7) is 5.12. The Balaban J connectivity index is 0.00000144. The molecule has 1 atom stereocenters. The predicted octanol–water partition coefficient (Wildman–Crippen LogP) is -2.15. The van der Waals surface area contributed by atoms with Gasteiger partial charge in [0.15, 0.2) is 6.73 Å². The smallest absolute Gasteiger partial charge is 0.183 e. The highest BCUT2D eigenvalue weighted by molar-refractivity contribution is 4.44. The van der Waals surface area contributed by atoms with E-state index < -0.39 is 0 Å². The number of ether oxygens (including phenoxy) is 2. The Morgan fingerprint density at radius 1 is 1.38 bits per heavy atom. The Labute approximate surface area is 91.4 Å². The van der Waals surface area contributed by atoms with E-state index in [4.69, 9.17) is 9.47 Å². The molecule has 1 rings (SSSR count). The Bertz CT molecular complexity index is 127. The highest BCUT2D eigenvalue weighted by Crippen LogP contribution is 2.11. The maximum Gasteiger partial charge on any atom is 0.183 e. The topological polar surface area (TPSA) is 18.5 Å². The van der Waals surface area contributed by atoms with Crippen LogP contribution < -0.4 is 17.0 Å². The quantitative estimate of drug-likeness (QED) is 0.411. The number of methoxy groups -OCH3 is 1. The van der Waals surface area contributed by atoms with Gasteiger partial charge in [-0.15, -0.1) is 0 Å². The molecular formula is C9H20BrNO2. The lowest BCUT2D eigenvalue weighted by molar-refractivity contribution is -0.906. The molecule has 0 saturated carbocycles. The number of nitrogens with zero attached hydrogens (tertiary/aromatic N) is 1. The van der Waals surface area contributed by atoms with Crippen LogP contribution in [0.1, 0.15) is 12.8 Å². The van der Waals surface area contributed by atoms with Gasteiger partial charge in [-0.05, 0) is 12.8 Å². The predicted molar refractivity (Wildman–Crippen MR) is 47.8 cm³/mol. The molecule has 1 fully saturated rings. The first-order chi connectivity index (χ1) is 5.77. The number of likely N-dealkylation sites (N-methyl/N-ethyl adjacent to an activating group) is 1. The van der Waals surface area contributed by atoms with E-state index in [9.17, 15) is 0 Å². The third-order valence-electron chi connectivity index (χ3n) is 2.47. The second-order valence-corrected chi connectivity index (χ2v) is 3.80. The average molecular weight is 254 g/mol. The van der Waals surface area contributed by atoms with Crippen LogP contribution in [0, 0.1) is 0 Å². The van der Waals surface area contributed by atoms with Gasteiger partial charge in [-0.1, -0.05) is 0 Å². The maximum atomic E-state index is 5.36. The van der Waals surface area contributed by atoms with Gasteiger partial charge in [-0.25, -0.2) is 0 Å². The van der Waals surface area contributed by atoms with E-state index in [1.54, 1.807) is 7.11 Å².